The van der Waals surface area contributed by atoms with E-state index < -0.39 is 0 Å². The minimum absolute atomic E-state index is 0.113. The van der Waals surface area contributed by atoms with Crippen molar-refractivity contribution in [2.45, 2.75) is 17.4 Å². The molecule has 1 aliphatic rings. The molecule has 0 saturated carbocycles. The number of hydrogen-bond donors (Lipinski definition) is 0. The fraction of sp³-hybridized carbons (Fsp3) is 0.167. The maximum absolute atomic E-state index is 13.4. The van der Waals surface area contributed by atoms with E-state index in [4.69, 9.17) is 16.3 Å². The topological polar surface area (TPSA) is 41.9 Å². The average molecular weight is 455 g/mol. The van der Waals surface area contributed by atoms with E-state index in [-0.39, 0.29) is 23.5 Å². The molecule has 1 heterocycles. The number of halogens is 2. The Balaban J connectivity index is 1.57. The molecule has 7 heteroatoms. The zero-order valence-electron chi connectivity index (χ0n) is 16.8. The van der Waals surface area contributed by atoms with E-state index >= 15 is 0 Å². The predicted octanol–water partition coefficient (Wildman–Crippen LogP) is 5.96. The lowest BCUT2D eigenvalue weighted by Crippen LogP contribution is -2.28. The zero-order valence-corrected chi connectivity index (χ0v) is 18.4. The third-order valence-corrected chi connectivity index (χ3v) is 6.27. The molecule has 4 rings (SSSR count). The van der Waals surface area contributed by atoms with Gasteiger partial charge in [-0.15, -0.1) is 11.8 Å². The summed E-state index contributed by atoms with van der Waals surface area (Å²) >= 11 is 7.36. The van der Waals surface area contributed by atoms with Crippen LogP contribution >= 0.6 is 23.4 Å². The van der Waals surface area contributed by atoms with E-state index in [1.165, 1.54) is 28.9 Å². The molecule has 31 heavy (non-hydrogen) atoms. The fourth-order valence-corrected chi connectivity index (χ4v) is 4.26. The van der Waals surface area contributed by atoms with Crippen LogP contribution in [0.5, 0.6) is 5.75 Å². The molecule has 0 fully saturated rings. The number of hydrogen-bond acceptors (Lipinski definition) is 4. The van der Waals surface area contributed by atoms with Crippen molar-refractivity contribution in [1.29, 1.82) is 0 Å². The van der Waals surface area contributed by atoms with Crippen LogP contribution in [0.1, 0.15) is 23.6 Å². The van der Waals surface area contributed by atoms with Gasteiger partial charge in [-0.25, -0.2) is 9.40 Å². The van der Waals surface area contributed by atoms with Gasteiger partial charge in [0.25, 0.3) is 5.91 Å². The smallest absolute Gasteiger partial charge is 0.253 e. The molecule has 0 N–H and O–H groups in total. The summed E-state index contributed by atoms with van der Waals surface area (Å²) in [6.07, 6.45) is 0.551. The van der Waals surface area contributed by atoms with Crippen molar-refractivity contribution < 1.29 is 13.9 Å². The molecule has 1 aliphatic heterocycles. The summed E-state index contributed by atoms with van der Waals surface area (Å²) in [5, 5.41) is 6.83. The molecule has 0 aliphatic carbocycles. The largest absolute Gasteiger partial charge is 0.497 e. The molecule has 0 saturated heterocycles. The Morgan fingerprint density at radius 2 is 1.77 bits per heavy atom. The second-order valence-electron chi connectivity index (χ2n) is 7.03. The normalized spacial score (nSPS) is 15.6. The molecule has 0 aromatic heterocycles. The van der Waals surface area contributed by atoms with Crippen molar-refractivity contribution in [2.24, 2.45) is 5.10 Å². The van der Waals surface area contributed by atoms with Gasteiger partial charge in [0.2, 0.25) is 0 Å². The number of rotatable bonds is 6. The summed E-state index contributed by atoms with van der Waals surface area (Å²) < 4.78 is 18.7. The van der Waals surface area contributed by atoms with Crippen LogP contribution in [0.25, 0.3) is 0 Å². The van der Waals surface area contributed by atoms with E-state index in [0.29, 0.717) is 11.4 Å². The fourth-order valence-electron chi connectivity index (χ4n) is 3.38. The summed E-state index contributed by atoms with van der Waals surface area (Å²) in [5.74, 6) is 0.565. The zero-order chi connectivity index (χ0) is 21.8. The average Bonchev–Trinajstić information content (AvgIpc) is 3.24. The maximum atomic E-state index is 13.4. The van der Waals surface area contributed by atoms with E-state index in [9.17, 15) is 9.18 Å². The van der Waals surface area contributed by atoms with Crippen LogP contribution in [0.15, 0.2) is 82.8 Å². The van der Waals surface area contributed by atoms with Crippen molar-refractivity contribution in [1.82, 2.24) is 5.01 Å². The van der Waals surface area contributed by atoms with Gasteiger partial charge >= 0.3 is 0 Å². The van der Waals surface area contributed by atoms with Crippen molar-refractivity contribution in [3.63, 3.8) is 0 Å². The first kappa shape index (κ1) is 21.4. The minimum Gasteiger partial charge on any atom is -0.497 e. The molecule has 158 valence electrons. The Morgan fingerprint density at radius 1 is 1.10 bits per heavy atom. The van der Waals surface area contributed by atoms with Crippen molar-refractivity contribution in [2.75, 3.05) is 12.9 Å². The molecule has 0 unspecified atom stereocenters. The van der Waals surface area contributed by atoms with Gasteiger partial charge in [0.1, 0.15) is 11.6 Å². The number of ether oxygens (including phenoxy) is 1. The summed E-state index contributed by atoms with van der Waals surface area (Å²) in [4.78, 5) is 14.0. The summed E-state index contributed by atoms with van der Waals surface area (Å²) in [6, 6.07) is 20.9. The number of amides is 1. The third kappa shape index (κ3) is 5.09. The highest BCUT2D eigenvalue weighted by Crippen LogP contribution is 2.34. The molecule has 0 bridgehead atoms. The first-order chi connectivity index (χ1) is 15.0. The van der Waals surface area contributed by atoms with Gasteiger partial charge in [0, 0.05) is 16.3 Å². The molecule has 1 amide bonds. The Bertz CT molecular complexity index is 1090. The predicted molar refractivity (Wildman–Crippen MR) is 122 cm³/mol. The van der Waals surface area contributed by atoms with Crippen LogP contribution in [0.3, 0.4) is 0 Å². The molecular formula is C24H20ClFN2O2S. The molecule has 0 radical (unpaired) electrons. The maximum Gasteiger partial charge on any atom is 0.253 e. The summed E-state index contributed by atoms with van der Waals surface area (Å²) in [7, 11) is 1.62. The van der Waals surface area contributed by atoms with Gasteiger partial charge in [-0.3, -0.25) is 4.79 Å². The first-order valence-electron chi connectivity index (χ1n) is 9.71. The molecule has 0 spiro atoms. The Hall–Kier alpha value is -2.83. The lowest BCUT2D eigenvalue weighted by atomic mass is 9.98. The highest BCUT2D eigenvalue weighted by atomic mass is 35.5. The Morgan fingerprint density at radius 3 is 2.42 bits per heavy atom. The number of methoxy groups -OCH3 is 1. The highest BCUT2D eigenvalue weighted by Gasteiger charge is 2.33. The molecular weight excluding hydrogens is 435 g/mol. The number of benzene rings is 3. The van der Waals surface area contributed by atoms with E-state index in [0.717, 1.165) is 27.5 Å². The van der Waals surface area contributed by atoms with Crippen LogP contribution in [0.4, 0.5) is 4.39 Å². The lowest BCUT2D eigenvalue weighted by molar-refractivity contribution is -0.130. The van der Waals surface area contributed by atoms with E-state index in [1.807, 2.05) is 36.4 Å². The van der Waals surface area contributed by atoms with Crippen LogP contribution in [-0.4, -0.2) is 29.5 Å². The number of carbonyl (C=O) groups excluding carboxylic acids is 1. The van der Waals surface area contributed by atoms with Gasteiger partial charge in [0.05, 0.1) is 24.6 Å². The second kappa shape index (κ2) is 9.54. The Labute approximate surface area is 189 Å². The third-order valence-electron chi connectivity index (χ3n) is 5.02. The van der Waals surface area contributed by atoms with Gasteiger partial charge in [-0.2, -0.15) is 5.10 Å². The lowest BCUT2D eigenvalue weighted by Gasteiger charge is -2.22. The van der Waals surface area contributed by atoms with Crippen LogP contribution in [-0.2, 0) is 4.79 Å². The SMILES string of the molecule is COc1ccc(C2=NN(C(=O)CSc3ccc(Cl)cc3)[C@@H](c3ccc(F)cc3)C2)cc1. The van der Waals surface area contributed by atoms with Crippen LogP contribution < -0.4 is 4.74 Å². The molecule has 1 atom stereocenters. The van der Waals surface area contributed by atoms with Crippen molar-refractivity contribution in [3.05, 3.63) is 94.8 Å². The monoisotopic (exact) mass is 454 g/mol. The first-order valence-corrected chi connectivity index (χ1v) is 11.1. The van der Waals surface area contributed by atoms with Gasteiger partial charge in [-0.05, 0) is 71.8 Å². The standard InChI is InChI=1S/C24H20ClFN2O2S/c1-30-20-10-4-16(5-11-20)22-14-23(17-2-8-19(26)9-3-17)28(27-22)24(29)15-31-21-12-6-18(25)7-13-21/h2-13,23H,14-15H2,1H3/t23-/m1/s1. The minimum atomic E-state index is -0.311. The van der Waals surface area contributed by atoms with Crippen molar-refractivity contribution >= 4 is 35.0 Å². The van der Waals surface area contributed by atoms with Crippen molar-refractivity contribution in [3.8, 4) is 5.75 Å². The highest BCUT2D eigenvalue weighted by molar-refractivity contribution is 8.00. The molecule has 4 nitrogen and oxygen atoms in total. The quantitative estimate of drug-likeness (QED) is 0.432. The van der Waals surface area contributed by atoms with E-state index in [2.05, 4.69) is 5.10 Å². The number of hydrazone groups is 1. The molecule has 3 aromatic rings. The Kier molecular flexibility index (Phi) is 6.59. The summed E-state index contributed by atoms with van der Waals surface area (Å²) in [5.41, 5.74) is 2.58. The molecule has 3 aromatic carbocycles. The van der Waals surface area contributed by atoms with Gasteiger partial charge < -0.3 is 4.74 Å². The number of carbonyl (C=O) groups is 1. The van der Waals surface area contributed by atoms with Gasteiger partial charge in [-0.1, -0.05) is 23.7 Å². The van der Waals surface area contributed by atoms with Crippen LogP contribution in [0, 0.1) is 5.82 Å². The second-order valence-corrected chi connectivity index (χ2v) is 8.51. The summed E-state index contributed by atoms with van der Waals surface area (Å²) in [6.45, 7) is 0. The van der Waals surface area contributed by atoms with Gasteiger partial charge in [0.15, 0.2) is 0 Å². The number of thioether (sulfide) groups is 1. The van der Waals surface area contributed by atoms with Crippen LogP contribution in [0.2, 0.25) is 5.02 Å². The number of nitrogens with zero attached hydrogens (tertiary/aromatic N) is 2. The van der Waals surface area contributed by atoms with E-state index in [1.54, 1.807) is 31.4 Å².